The number of aryl methyl sites for hydroxylation is 1. The number of aromatic nitrogens is 1. The number of hydrogen-bond acceptors (Lipinski definition) is 21. The Morgan fingerprint density at radius 1 is 0.925 bits per heavy atom. The number of rotatable bonds is 20. The molecule has 1 aromatic heterocycles. The molecule has 0 spiro atoms. The van der Waals surface area contributed by atoms with Gasteiger partial charge in [-0.05, 0) is 112 Å². The van der Waals surface area contributed by atoms with Gasteiger partial charge in [0.25, 0.3) is 0 Å². The van der Waals surface area contributed by atoms with Gasteiger partial charge in [0.2, 0.25) is 12.2 Å². The van der Waals surface area contributed by atoms with E-state index in [0.29, 0.717) is 43.3 Å². The number of methoxy groups -OCH3 is 2. The number of hydrogen-bond donors (Lipinski definition) is 6. The van der Waals surface area contributed by atoms with Crippen LogP contribution in [0.1, 0.15) is 124 Å². The van der Waals surface area contributed by atoms with E-state index in [1.807, 2.05) is 32.0 Å². The maximum absolute atomic E-state index is 14.6. The Morgan fingerprint density at radius 3 is 2.23 bits per heavy atom. The molecule has 0 radical (unpaired) electrons. The van der Waals surface area contributed by atoms with E-state index in [1.165, 1.54) is 27.3 Å². The predicted octanol–water partition coefficient (Wildman–Crippen LogP) is 3.57. The number of carbonyl (C=O) groups is 3. The summed E-state index contributed by atoms with van der Waals surface area (Å²) in [6.07, 6.45) is -7.65. The van der Waals surface area contributed by atoms with Crippen molar-refractivity contribution in [2.75, 3.05) is 67.3 Å². The molecule has 2 aromatic rings. The Morgan fingerprint density at radius 2 is 1.61 bits per heavy atom. The minimum Gasteiger partial charge on any atom is -0.477 e. The number of aromatic carboxylic acids is 1. The van der Waals surface area contributed by atoms with Crippen molar-refractivity contribution in [3.05, 3.63) is 45.7 Å². The van der Waals surface area contributed by atoms with Crippen molar-refractivity contribution in [1.29, 1.82) is 0 Å². The van der Waals surface area contributed by atoms with Crippen LogP contribution in [-0.4, -0.2) is 205 Å². The van der Waals surface area contributed by atoms with Gasteiger partial charge in [-0.3, -0.25) is 19.1 Å². The number of carboxylic acids is 1. The van der Waals surface area contributed by atoms with Gasteiger partial charge in [-0.2, -0.15) is 0 Å². The lowest BCUT2D eigenvalue weighted by Crippen LogP contribution is -2.61. The van der Waals surface area contributed by atoms with E-state index < -0.39 is 119 Å². The van der Waals surface area contributed by atoms with Crippen LogP contribution in [-0.2, 0) is 58.7 Å². The van der Waals surface area contributed by atoms with Gasteiger partial charge in [-0.25, -0.2) is 4.79 Å². The molecule has 4 heterocycles. The van der Waals surface area contributed by atoms with Crippen molar-refractivity contribution in [1.82, 2.24) is 14.9 Å². The molecule has 3 saturated heterocycles. The van der Waals surface area contributed by atoms with Crippen LogP contribution in [0.4, 0.5) is 0 Å². The third kappa shape index (κ3) is 15.6. The molecule has 5 rings (SSSR count). The highest BCUT2D eigenvalue weighted by molar-refractivity contribution is 5.93. The third-order valence-corrected chi connectivity index (χ3v) is 16.5. The Balaban J connectivity index is 1.37. The number of carbonyl (C=O) groups excluding carboxylic acids is 2. The number of ether oxygens (including phenoxy) is 8. The predicted molar refractivity (Wildman–Crippen MR) is 297 cm³/mol. The normalized spacial score (nSPS) is 36.3. The molecule has 0 amide bonds. The number of likely N-dealkylation sites (N-methyl/N-ethyl adjacent to an activating group) is 1. The van der Waals surface area contributed by atoms with Gasteiger partial charge < -0.3 is 83.5 Å². The highest BCUT2D eigenvalue weighted by atomic mass is 16.7. The van der Waals surface area contributed by atoms with Gasteiger partial charge in [-0.15, -0.1) is 0 Å². The van der Waals surface area contributed by atoms with Crippen LogP contribution in [0.2, 0.25) is 0 Å². The van der Waals surface area contributed by atoms with Crippen molar-refractivity contribution in [3.8, 4) is 0 Å². The molecule has 18 atom stereocenters. The monoisotopic (exact) mass is 1140 g/mol. The van der Waals surface area contributed by atoms with Gasteiger partial charge in [0.05, 0.1) is 59.7 Å². The molecular weight excluding hydrogens is 1040 g/mol. The molecule has 1 unspecified atom stereocenters. The van der Waals surface area contributed by atoms with Crippen LogP contribution in [0.25, 0.3) is 10.9 Å². The first-order valence-corrected chi connectivity index (χ1v) is 28.0. The minimum atomic E-state index is -2.01. The summed E-state index contributed by atoms with van der Waals surface area (Å²) < 4.78 is 51.6. The largest absolute Gasteiger partial charge is 0.477 e. The van der Waals surface area contributed by atoms with E-state index in [-0.39, 0.29) is 55.9 Å². The van der Waals surface area contributed by atoms with Crippen LogP contribution in [0.15, 0.2) is 34.3 Å². The number of fused-ring (bicyclic) bond motifs is 1. The summed E-state index contributed by atoms with van der Waals surface area (Å²) in [5.74, 6) is -6.21. The van der Waals surface area contributed by atoms with E-state index in [2.05, 4.69) is 10.5 Å². The topological polar surface area (TPSA) is 288 Å². The Bertz CT molecular complexity index is 2470. The summed E-state index contributed by atoms with van der Waals surface area (Å²) in [6, 6.07) is 5.05. The van der Waals surface area contributed by atoms with Gasteiger partial charge >= 0.3 is 17.9 Å². The third-order valence-electron chi connectivity index (χ3n) is 16.5. The summed E-state index contributed by atoms with van der Waals surface area (Å²) in [7, 11) is 10.1. The molecular formula is C57H93N5O18. The average Bonchev–Trinajstić information content (AvgIpc) is 3.39. The van der Waals surface area contributed by atoms with Crippen molar-refractivity contribution < 1.29 is 82.6 Å². The van der Waals surface area contributed by atoms with Crippen LogP contribution >= 0.6 is 0 Å². The number of cyclic esters (lactones) is 1. The summed E-state index contributed by atoms with van der Waals surface area (Å²) in [5.41, 5.74) is -4.17. The lowest BCUT2D eigenvalue weighted by Gasteiger charge is -2.49. The fourth-order valence-corrected chi connectivity index (χ4v) is 11.9. The van der Waals surface area contributed by atoms with Gasteiger partial charge in [-0.1, -0.05) is 38.9 Å². The number of aliphatic hydroxyl groups excluding tert-OH is 2. The summed E-state index contributed by atoms with van der Waals surface area (Å²) >= 11 is 0. The summed E-state index contributed by atoms with van der Waals surface area (Å²) in [4.78, 5) is 60.5. The number of nitrogens with one attached hydrogen (secondary N) is 1. The fourth-order valence-electron chi connectivity index (χ4n) is 11.9. The zero-order chi connectivity index (χ0) is 59.8. The second-order valence-electron chi connectivity index (χ2n) is 23.4. The number of nitrogens with zero attached hydrogens (tertiary/aromatic N) is 4. The van der Waals surface area contributed by atoms with Crippen LogP contribution in [0, 0.1) is 23.7 Å². The molecule has 0 aliphatic carbocycles. The zero-order valence-corrected chi connectivity index (χ0v) is 49.9. The molecule has 1 aromatic carbocycles. The summed E-state index contributed by atoms with van der Waals surface area (Å²) in [5, 5.41) is 68.1. The lowest BCUT2D eigenvalue weighted by atomic mass is 9.73. The van der Waals surface area contributed by atoms with Crippen molar-refractivity contribution in [3.63, 3.8) is 0 Å². The zero-order valence-electron chi connectivity index (χ0n) is 49.9. The number of esters is 2. The molecule has 0 bridgehead atoms. The number of benzene rings is 1. The standard InChI is InChI=1S/C57H93N5O18/c1-17-42-57(10,71)49(66)33(4)45(59-74-30-72-15)31(2)27-55(8,70)50(80-54-47(65)41(60(11)12)25-32(3)75-54)34(5)48(35(6)53(69)77-42)79-44-28-56(9,73-16)51(36(7)76-44)78-43(63)22-24-58-23-18-19-37-20-21-40-38(26-37)46(64)39(52(67)68)29-62(40)61(13)14/h20-21,26,29,31-36,41-42,44,47-51,54,58,65-66,70-71H,17-19,22-25,27-28,30H2,1-16H3,(H,67,68)/b59-45+/t31-,32-,33+,34+,35-,36+,41+,42-,44+,47-,48+,49-,50?,51+,54+,55-,56-,57-/m1/s1. The SMILES string of the molecule is CC[C@H]1OC(=O)[C@H](C)[C@@H](O[C@H]2C[C@@](C)(OC)[C@@H](OC(=O)CCNCCCc3ccc4c(c3)c(=O)c(C(=O)O)cn4N(C)C)[C@H](C)O2)[C@H](C)C(O[C@@H]2O[C@H](C)C[C@H](N(C)C)[C@H]2O)[C@](C)(O)C[C@@H](C)/C(=N\OCOC)[C@H](C)[C@@H](O)[C@]1(C)O. The smallest absolute Gasteiger partial charge is 0.341 e. The molecule has 23 nitrogen and oxygen atoms in total. The molecule has 3 aliphatic rings. The van der Waals surface area contributed by atoms with Crippen LogP contribution < -0.4 is 15.8 Å². The number of oxime groups is 1. The molecule has 454 valence electrons. The molecule has 0 saturated carbocycles. The summed E-state index contributed by atoms with van der Waals surface area (Å²) in [6.45, 7) is 17.5. The Labute approximate surface area is 471 Å². The van der Waals surface area contributed by atoms with Gasteiger partial charge in [0, 0.05) is 76.7 Å². The molecule has 80 heavy (non-hydrogen) atoms. The molecule has 23 heteroatoms. The molecule has 3 fully saturated rings. The molecule has 3 aliphatic heterocycles. The highest BCUT2D eigenvalue weighted by Gasteiger charge is 2.54. The first-order valence-electron chi connectivity index (χ1n) is 28.0. The first-order chi connectivity index (χ1) is 37.4. The Hall–Kier alpha value is -4.37. The number of aliphatic hydroxyl groups is 4. The Kier molecular flexibility index (Phi) is 23.5. The highest BCUT2D eigenvalue weighted by Crippen LogP contribution is 2.42. The van der Waals surface area contributed by atoms with Gasteiger partial charge in [0.15, 0.2) is 18.7 Å². The van der Waals surface area contributed by atoms with E-state index in [0.717, 1.165) is 5.56 Å². The van der Waals surface area contributed by atoms with E-state index in [1.54, 1.807) is 91.3 Å². The fraction of sp³-hybridized carbons (Fsp3) is 0.772. The number of pyridine rings is 1. The number of carboxylic acid groups (broad SMARTS) is 1. The minimum absolute atomic E-state index is 0.00744. The van der Waals surface area contributed by atoms with Crippen molar-refractivity contribution in [2.45, 2.75) is 198 Å². The van der Waals surface area contributed by atoms with E-state index in [9.17, 15) is 44.7 Å². The van der Waals surface area contributed by atoms with Crippen LogP contribution in [0.5, 0.6) is 0 Å². The van der Waals surface area contributed by atoms with Crippen molar-refractivity contribution >= 4 is 34.5 Å². The van der Waals surface area contributed by atoms with Crippen molar-refractivity contribution in [2.24, 2.45) is 28.8 Å². The lowest BCUT2D eigenvalue weighted by molar-refractivity contribution is -0.318. The van der Waals surface area contributed by atoms with Crippen LogP contribution in [0.3, 0.4) is 0 Å². The maximum Gasteiger partial charge on any atom is 0.341 e. The average molecular weight is 1140 g/mol. The second kappa shape index (κ2) is 28.3. The second-order valence-corrected chi connectivity index (χ2v) is 23.4. The van der Waals surface area contributed by atoms with Gasteiger partial charge in [0.1, 0.15) is 29.0 Å². The van der Waals surface area contributed by atoms with E-state index >= 15 is 0 Å². The van der Waals surface area contributed by atoms with E-state index in [4.69, 9.17) is 42.7 Å². The quantitative estimate of drug-likeness (QED) is 0.0478. The maximum atomic E-state index is 14.6. The molecule has 6 N–H and O–H groups in total. The first kappa shape index (κ1) is 66.4.